The lowest BCUT2D eigenvalue weighted by Crippen LogP contribution is -2.25. The van der Waals surface area contributed by atoms with Gasteiger partial charge in [0, 0.05) is 36.1 Å². The number of fused-ring (bicyclic) bond motifs is 1. The number of carbonyl (C=O) groups is 1. The molecule has 0 aliphatic carbocycles. The molecule has 0 N–H and O–H groups in total. The van der Waals surface area contributed by atoms with Crippen LogP contribution in [-0.2, 0) is 11.3 Å². The standard InChI is InChI=1S/C25H22ClN3O/c1-17-6-2-4-8-22(17)28-16-19(14-24(28)30)25-27-21-7-3-5-9-23(21)29(25)15-18-10-12-20(26)13-11-18/h2-13,19H,14-16H2,1H3/t19-/m0/s1. The van der Waals surface area contributed by atoms with Crippen molar-refractivity contribution in [2.45, 2.75) is 25.8 Å². The maximum Gasteiger partial charge on any atom is 0.227 e. The summed E-state index contributed by atoms with van der Waals surface area (Å²) in [6, 6.07) is 24.1. The van der Waals surface area contributed by atoms with E-state index < -0.39 is 0 Å². The number of halogens is 1. The SMILES string of the molecule is Cc1ccccc1N1C[C@@H](c2nc3ccccc3n2Cc2ccc(Cl)cc2)CC1=O. The van der Waals surface area contributed by atoms with Gasteiger partial charge in [0.25, 0.3) is 0 Å². The van der Waals surface area contributed by atoms with Crippen molar-refractivity contribution in [2.24, 2.45) is 0 Å². The van der Waals surface area contributed by atoms with Crippen molar-refractivity contribution in [1.82, 2.24) is 9.55 Å². The maximum absolute atomic E-state index is 12.9. The number of imidazole rings is 1. The monoisotopic (exact) mass is 415 g/mol. The van der Waals surface area contributed by atoms with Crippen LogP contribution < -0.4 is 4.90 Å². The van der Waals surface area contributed by atoms with E-state index in [0.29, 0.717) is 19.5 Å². The molecule has 3 aromatic carbocycles. The van der Waals surface area contributed by atoms with Gasteiger partial charge in [0.2, 0.25) is 5.91 Å². The van der Waals surface area contributed by atoms with E-state index in [2.05, 4.69) is 10.6 Å². The molecule has 0 bridgehead atoms. The van der Waals surface area contributed by atoms with Gasteiger partial charge in [-0.05, 0) is 48.4 Å². The van der Waals surface area contributed by atoms with E-state index >= 15 is 0 Å². The number of hydrogen-bond donors (Lipinski definition) is 0. The van der Waals surface area contributed by atoms with E-state index in [1.165, 1.54) is 0 Å². The van der Waals surface area contributed by atoms with Gasteiger partial charge in [0.1, 0.15) is 5.82 Å². The van der Waals surface area contributed by atoms with E-state index in [-0.39, 0.29) is 11.8 Å². The summed E-state index contributed by atoms with van der Waals surface area (Å²) in [4.78, 5) is 19.8. The molecule has 5 rings (SSSR count). The molecule has 0 radical (unpaired) electrons. The van der Waals surface area contributed by atoms with Crippen LogP contribution in [0.15, 0.2) is 72.8 Å². The second-order valence-corrected chi connectivity index (χ2v) is 8.30. The molecule has 0 saturated carbocycles. The normalized spacial score (nSPS) is 16.5. The third-order valence-corrected chi connectivity index (χ3v) is 6.09. The summed E-state index contributed by atoms with van der Waals surface area (Å²) in [5.74, 6) is 1.17. The number of para-hydroxylation sites is 3. The molecule has 1 saturated heterocycles. The Labute approximate surface area is 180 Å². The molecule has 30 heavy (non-hydrogen) atoms. The van der Waals surface area contributed by atoms with E-state index in [1.807, 2.05) is 78.6 Å². The fourth-order valence-corrected chi connectivity index (χ4v) is 4.45. The fraction of sp³-hybridized carbons (Fsp3) is 0.200. The molecule has 2 heterocycles. The topological polar surface area (TPSA) is 38.1 Å². The summed E-state index contributed by atoms with van der Waals surface area (Å²) in [7, 11) is 0. The highest BCUT2D eigenvalue weighted by atomic mass is 35.5. The maximum atomic E-state index is 12.9. The van der Waals surface area contributed by atoms with E-state index in [1.54, 1.807) is 0 Å². The van der Waals surface area contributed by atoms with Gasteiger partial charge in [-0.15, -0.1) is 0 Å². The first-order chi connectivity index (χ1) is 14.6. The van der Waals surface area contributed by atoms with Crippen molar-refractivity contribution >= 4 is 34.2 Å². The van der Waals surface area contributed by atoms with E-state index in [9.17, 15) is 4.79 Å². The fourth-order valence-electron chi connectivity index (χ4n) is 4.32. The third kappa shape index (κ3) is 3.37. The molecule has 0 unspecified atom stereocenters. The van der Waals surface area contributed by atoms with Gasteiger partial charge in [-0.2, -0.15) is 0 Å². The van der Waals surface area contributed by atoms with Crippen LogP contribution in [0.4, 0.5) is 5.69 Å². The number of benzene rings is 3. The Hall–Kier alpha value is -3.11. The lowest BCUT2D eigenvalue weighted by molar-refractivity contribution is -0.117. The molecule has 1 amide bonds. The molecule has 150 valence electrons. The molecule has 1 atom stereocenters. The predicted octanol–water partition coefficient (Wildman–Crippen LogP) is 5.57. The van der Waals surface area contributed by atoms with Crippen LogP contribution in [0.5, 0.6) is 0 Å². The summed E-state index contributed by atoms with van der Waals surface area (Å²) in [6.45, 7) is 3.39. The van der Waals surface area contributed by atoms with Crippen molar-refractivity contribution in [1.29, 1.82) is 0 Å². The van der Waals surface area contributed by atoms with Crippen LogP contribution in [0.3, 0.4) is 0 Å². The molecular weight excluding hydrogens is 394 g/mol. The first-order valence-corrected chi connectivity index (χ1v) is 10.5. The average molecular weight is 416 g/mol. The molecule has 1 aliphatic heterocycles. The minimum absolute atomic E-state index is 0.0526. The van der Waals surface area contributed by atoms with Crippen LogP contribution in [0.25, 0.3) is 11.0 Å². The largest absolute Gasteiger partial charge is 0.323 e. The number of hydrogen-bond acceptors (Lipinski definition) is 2. The van der Waals surface area contributed by atoms with Gasteiger partial charge in [-0.25, -0.2) is 4.98 Å². The van der Waals surface area contributed by atoms with E-state index in [4.69, 9.17) is 16.6 Å². The van der Waals surface area contributed by atoms with Crippen LogP contribution in [0, 0.1) is 6.92 Å². The molecular formula is C25H22ClN3O. The van der Waals surface area contributed by atoms with Crippen LogP contribution in [0.2, 0.25) is 5.02 Å². The van der Waals surface area contributed by atoms with Gasteiger partial charge in [0.15, 0.2) is 0 Å². The predicted molar refractivity (Wildman–Crippen MR) is 121 cm³/mol. The van der Waals surface area contributed by atoms with Crippen LogP contribution in [0.1, 0.15) is 29.3 Å². The molecule has 5 heteroatoms. The number of amides is 1. The Kier molecular flexibility index (Phi) is 4.80. The Morgan fingerprint density at radius 1 is 1.00 bits per heavy atom. The van der Waals surface area contributed by atoms with Crippen molar-refractivity contribution in [2.75, 3.05) is 11.4 Å². The second kappa shape index (κ2) is 7.62. The number of nitrogens with zero attached hydrogens (tertiary/aromatic N) is 3. The minimum atomic E-state index is 0.0526. The van der Waals surface area contributed by atoms with Crippen molar-refractivity contribution in [3.8, 4) is 0 Å². The quantitative estimate of drug-likeness (QED) is 0.437. The highest BCUT2D eigenvalue weighted by Crippen LogP contribution is 2.34. The lowest BCUT2D eigenvalue weighted by atomic mass is 10.1. The highest BCUT2D eigenvalue weighted by Gasteiger charge is 2.35. The van der Waals surface area contributed by atoms with Crippen molar-refractivity contribution in [3.05, 3.63) is 94.8 Å². The summed E-state index contributed by atoms with van der Waals surface area (Å²) in [6.07, 6.45) is 0.471. The minimum Gasteiger partial charge on any atom is -0.323 e. The number of aromatic nitrogens is 2. The third-order valence-electron chi connectivity index (χ3n) is 5.83. The first kappa shape index (κ1) is 18.9. The summed E-state index contributed by atoms with van der Waals surface area (Å²) in [5.41, 5.74) is 5.31. The average Bonchev–Trinajstić information content (AvgIpc) is 3.31. The van der Waals surface area contributed by atoms with Gasteiger partial charge >= 0.3 is 0 Å². The second-order valence-electron chi connectivity index (χ2n) is 7.86. The molecule has 1 aromatic heterocycles. The summed E-state index contributed by atoms with van der Waals surface area (Å²) in [5, 5.41) is 0.727. The molecule has 1 aliphatic rings. The van der Waals surface area contributed by atoms with Gasteiger partial charge in [-0.1, -0.05) is 54.1 Å². The number of carbonyl (C=O) groups excluding carboxylic acids is 1. The molecule has 0 spiro atoms. The van der Waals surface area contributed by atoms with Crippen molar-refractivity contribution in [3.63, 3.8) is 0 Å². The Bertz CT molecular complexity index is 1230. The Balaban J connectivity index is 1.53. The number of rotatable bonds is 4. The summed E-state index contributed by atoms with van der Waals surface area (Å²) >= 11 is 6.06. The Morgan fingerprint density at radius 2 is 1.73 bits per heavy atom. The van der Waals surface area contributed by atoms with Gasteiger partial charge in [-0.3, -0.25) is 4.79 Å². The first-order valence-electron chi connectivity index (χ1n) is 10.2. The lowest BCUT2D eigenvalue weighted by Gasteiger charge is -2.19. The van der Waals surface area contributed by atoms with Crippen LogP contribution >= 0.6 is 11.6 Å². The van der Waals surface area contributed by atoms with Gasteiger partial charge in [0.05, 0.1) is 11.0 Å². The zero-order valence-electron chi connectivity index (χ0n) is 16.8. The summed E-state index contributed by atoms with van der Waals surface area (Å²) < 4.78 is 2.25. The van der Waals surface area contributed by atoms with E-state index in [0.717, 1.165) is 38.7 Å². The number of aryl methyl sites for hydroxylation is 1. The molecule has 4 aromatic rings. The smallest absolute Gasteiger partial charge is 0.227 e. The molecule has 1 fully saturated rings. The Morgan fingerprint density at radius 3 is 2.53 bits per heavy atom. The number of anilines is 1. The zero-order valence-corrected chi connectivity index (χ0v) is 17.5. The van der Waals surface area contributed by atoms with Crippen molar-refractivity contribution < 1.29 is 4.79 Å². The zero-order chi connectivity index (χ0) is 20.7. The molecule has 4 nitrogen and oxygen atoms in total. The van der Waals surface area contributed by atoms with Crippen LogP contribution in [-0.4, -0.2) is 22.0 Å². The highest BCUT2D eigenvalue weighted by molar-refractivity contribution is 6.30. The van der Waals surface area contributed by atoms with Gasteiger partial charge < -0.3 is 9.47 Å².